The van der Waals surface area contributed by atoms with E-state index in [1.807, 2.05) is 0 Å². The summed E-state index contributed by atoms with van der Waals surface area (Å²) in [4.78, 5) is 35.2. The SMILES string of the molecule is COc1ccc(C(=O)Oc2ccc(/C=C(\C#N)C(=O)Nc3c(Cl)cc([N+](=O)[O-])cc3Cl)cc2Cl)cc1. The van der Waals surface area contributed by atoms with Gasteiger partial charge in [-0.25, -0.2) is 4.79 Å². The Bertz CT molecular complexity index is 1410. The van der Waals surface area contributed by atoms with Gasteiger partial charge in [0.25, 0.3) is 11.6 Å². The van der Waals surface area contributed by atoms with Crippen molar-refractivity contribution in [3.05, 3.63) is 96.5 Å². The number of nitro benzene ring substituents is 1. The molecule has 0 saturated heterocycles. The van der Waals surface area contributed by atoms with Crippen molar-refractivity contribution in [1.29, 1.82) is 5.26 Å². The van der Waals surface area contributed by atoms with Gasteiger partial charge in [-0.2, -0.15) is 5.26 Å². The summed E-state index contributed by atoms with van der Waals surface area (Å²) < 4.78 is 10.4. The number of nitrogens with zero attached hydrogens (tertiary/aromatic N) is 2. The van der Waals surface area contributed by atoms with Crippen LogP contribution in [0.25, 0.3) is 6.08 Å². The van der Waals surface area contributed by atoms with Crippen LogP contribution in [0.1, 0.15) is 15.9 Å². The molecule has 182 valence electrons. The molecule has 0 fully saturated rings. The number of non-ortho nitro benzene ring substituents is 1. The van der Waals surface area contributed by atoms with Gasteiger partial charge in [-0.3, -0.25) is 14.9 Å². The number of carbonyl (C=O) groups excluding carboxylic acids is 2. The van der Waals surface area contributed by atoms with Crippen molar-refractivity contribution in [2.24, 2.45) is 0 Å². The maximum absolute atomic E-state index is 12.6. The van der Waals surface area contributed by atoms with E-state index in [-0.39, 0.29) is 43.3 Å². The molecule has 0 aliphatic heterocycles. The Labute approximate surface area is 219 Å². The van der Waals surface area contributed by atoms with E-state index in [1.165, 1.54) is 43.5 Å². The quantitative estimate of drug-likeness (QED) is 0.0914. The first-order valence-corrected chi connectivity index (χ1v) is 11.0. The molecule has 3 aromatic carbocycles. The van der Waals surface area contributed by atoms with E-state index >= 15 is 0 Å². The highest BCUT2D eigenvalue weighted by Crippen LogP contribution is 2.35. The summed E-state index contributed by atoms with van der Waals surface area (Å²) in [6.45, 7) is 0. The summed E-state index contributed by atoms with van der Waals surface area (Å²) in [5.74, 6) is -0.851. The number of hydrogen-bond donors (Lipinski definition) is 1. The van der Waals surface area contributed by atoms with Crippen LogP contribution < -0.4 is 14.8 Å². The van der Waals surface area contributed by atoms with E-state index in [2.05, 4.69) is 5.32 Å². The maximum atomic E-state index is 12.6. The number of carbonyl (C=O) groups is 2. The molecule has 9 nitrogen and oxygen atoms in total. The van der Waals surface area contributed by atoms with Crippen molar-refractivity contribution in [1.82, 2.24) is 0 Å². The molecule has 0 radical (unpaired) electrons. The first-order chi connectivity index (χ1) is 17.1. The summed E-state index contributed by atoms with van der Waals surface area (Å²) in [5, 5.41) is 22.4. The van der Waals surface area contributed by atoms with E-state index in [0.29, 0.717) is 11.3 Å². The lowest BCUT2D eigenvalue weighted by Gasteiger charge is -2.09. The largest absolute Gasteiger partial charge is 0.497 e. The molecule has 0 aliphatic rings. The van der Waals surface area contributed by atoms with Gasteiger partial charge in [-0.15, -0.1) is 0 Å². The predicted molar refractivity (Wildman–Crippen MR) is 135 cm³/mol. The van der Waals surface area contributed by atoms with Crippen molar-refractivity contribution in [2.75, 3.05) is 12.4 Å². The highest BCUT2D eigenvalue weighted by Gasteiger charge is 2.19. The zero-order valence-electron chi connectivity index (χ0n) is 18.3. The molecule has 1 N–H and O–H groups in total. The highest BCUT2D eigenvalue weighted by molar-refractivity contribution is 6.40. The fraction of sp³-hybridized carbons (Fsp3) is 0.0417. The van der Waals surface area contributed by atoms with E-state index in [4.69, 9.17) is 44.3 Å². The average Bonchev–Trinajstić information content (AvgIpc) is 2.85. The molecule has 0 spiro atoms. The van der Waals surface area contributed by atoms with Gasteiger partial charge >= 0.3 is 5.97 Å². The van der Waals surface area contributed by atoms with Gasteiger partial charge in [0.2, 0.25) is 0 Å². The molecular weight excluding hydrogens is 533 g/mol. The Morgan fingerprint density at radius 1 is 1.03 bits per heavy atom. The molecule has 0 unspecified atom stereocenters. The third-order valence-corrected chi connectivity index (χ3v) is 5.53. The summed E-state index contributed by atoms with van der Waals surface area (Å²) in [7, 11) is 1.50. The summed E-state index contributed by atoms with van der Waals surface area (Å²) in [6, 6.07) is 14.4. The lowest BCUT2D eigenvalue weighted by Crippen LogP contribution is -2.14. The van der Waals surface area contributed by atoms with Gasteiger partial charge in [-0.1, -0.05) is 40.9 Å². The molecule has 36 heavy (non-hydrogen) atoms. The van der Waals surface area contributed by atoms with Crippen LogP contribution in [0, 0.1) is 21.4 Å². The van der Waals surface area contributed by atoms with Crippen LogP contribution in [0.2, 0.25) is 15.1 Å². The summed E-state index contributed by atoms with van der Waals surface area (Å²) in [6.07, 6.45) is 1.24. The van der Waals surface area contributed by atoms with Gasteiger partial charge in [0.05, 0.1) is 38.4 Å². The molecule has 0 bridgehead atoms. The summed E-state index contributed by atoms with van der Waals surface area (Å²) in [5.41, 5.74) is -0.144. The number of nitro groups is 1. The molecule has 0 saturated carbocycles. The maximum Gasteiger partial charge on any atom is 0.343 e. The number of benzene rings is 3. The Morgan fingerprint density at radius 2 is 1.67 bits per heavy atom. The predicted octanol–water partition coefficient (Wildman–Crippen LogP) is 6.33. The molecule has 0 aromatic heterocycles. The topological polar surface area (TPSA) is 132 Å². The van der Waals surface area contributed by atoms with E-state index < -0.39 is 16.8 Å². The molecule has 0 atom stereocenters. The first kappa shape index (κ1) is 26.5. The van der Waals surface area contributed by atoms with Crippen molar-refractivity contribution in [3.8, 4) is 17.6 Å². The van der Waals surface area contributed by atoms with Crippen molar-refractivity contribution in [2.45, 2.75) is 0 Å². The third-order valence-electron chi connectivity index (χ3n) is 4.64. The number of esters is 1. The molecule has 12 heteroatoms. The average molecular weight is 547 g/mol. The number of rotatable bonds is 7. The zero-order valence-corrected chi connectivity index (χ0v) is 20.5. The second-order valence-electron chi connectivity index (χ2n) is 6.97. The number of amides is 1. The van der Waals surface area contributed by atoms with Gasteiger partial charge in [0.15, 0.2) is 0 Å². The molecule has 3 aromatic rings. The van der Waals surface area contributed by atoms with Crippen LogP contribution in [0.5, 0.6) is 11.5 Å². The second kappa shape index (κ2) is 11.6. The number of hydrogen-bond acceptors (Lipinski definition) is 7. The fourth-order valence-corrected chi connectivity index (χ4v) is 3.65. The van der Waals surface area contributed by atoms with Crippen molar-refractivity contribution >= 4 is 64.1 Å². The van der Waals surface area contributed by atoms with Crippen LogP contribution in [0.15, 0.2) is 60.2 Å². The monoisotopic (exact) mass is 545 g/mol. The minimum absolute atomic E-state index is 0.0600. The lowest BCUT2D eigenvalue weighted by atomic mass is 10.1. The van der Waals surface area contributed by atoms with Gasteiger partial charge in [0, 0.05) is 12.1 Å². The van der Waals surface area contributed by atoms with Gasteiger partial charge in [-0.05, 0) is 48.0 Å². The van der Waals surface area contributed by atoms with Crippen LogP contribution >= 0.6 is 34.8 Å². The Morgan fingerprint density at radius 3 is 2.19 bits per heavy atom. The number of halogens is 3. The number of anilines is 1. The van der Waals surface area contributed by atoms with E-state index in [0.717, 1.165) is 12.1 Å². The van der Waals surface area contributed by atoms with Crippen LogP contribution in [-0.2, 0) is 4.79 Å². The van der Waals surface area contributed by atoms with Crippen molar-refractivity contribution in [3.63, 3.8) is 0 Å². The Hall–Kier alpha value is -4.10. The minimum Gasteiger partial charge on any atom is -0.497 e. The smallest absolute Gasteiger partial charge is 0.343 e. The minimum atomic E-state index is -0.860. The van der Waals surface area contributed by atoms with Gasteiger partial charge in [0.1, 0.15) is 23.1 Å². The number of nitriles is 1. The highest BCUT2D eigenvalue weighted by atomic mass is 35.5. The number of methoxy groups -OCH3 is 1. The van der Waals surface area contributed by atoms with Crippen LogP contribution in [0.3, 0.4) is 0 Å². The van der Waals surface area contributed by atoms with Crippen LogP contribution in [-0.4, -0.2) is 23.9 Å². The number of nitrogens with one attached hydrogen (secondary N) is 1. The number of ether oxygens (including phenoxy) is 2. The third kappa shape index (κ3) is 6.31. The van der Waals surface area contributed by atoms with Gasteiger partial charge < -0.3 is 14.8 Å². The molecule has 0 aliphatic carbocycles. The molecule has 1 amide bonds. The second-order valence-corrected chi connectivity index (χ2v) is 8.19. The Balaban J connectivity index is 1.77. The van der Waals surface area contributed by atoms with E-state index in [9.17, 15) is 25.0 Å². The van der Waals surface area contributed by atoms with Crippen molar-refractivity contribution < 1.29 is 24.0 Å². The zero-order chi connectivity index (χ0) is 26.4. The Kier molecular flexibility index (Phi) is 8.51. The molecular formula is C24H14Cl3N3O6. The normalized spacial score (nSPS) is 10.8. The molecule has 0 heterocycles. The fourth-order valence-electron chi connectivity index (χ4n) is 2.86. The van der Waals surface area contributed by atoms with E-state index in [1.54, 1.807) is 18.2 Å². The van der Waals surface area contributed by atoms with Crippen LogP contribution in [0.4, 0.5) is 11.4 Å². The summed E-state index contributed by atoms with van der Waals surface area (Å²) >= 11 is 18.2. The first-order valence-electron chi connectivity index (χ1n) is 9.85. The molecule has 3 rings (SSSR count). The standard InChI is InChI=1S/C24H14Cl3N3O6/c1-35-17-5-3-14(4-6-17)24(32)36-21-7-2-13(9-18(21)25)8-15(12-28)23(31)29-22-19(26)10-16(30(33)34)11-20(22)27/h2-11H,1H3,(H,29,31)/b15-8+. The lowest BCUT2D eigenvalue weighted by molar-refractivity contribution is -0.384.